The van der Waals surface area contributed by atoms with Crippen LogP contribution in [0, 0.1) is 0 Å². The average molecular weight is 982 g/mol. The van der Waals surface area contributed by atoms with Crippen molar-refractivity contribution in [3.63, 3.8) is 0 Å². The normalized spacial score (nSPS) is 41.0. The van der Waals surface area contributed by atoms with Gasteiger partial charge in [0, 0.05) is 26.7 Å². The highest BCUT2D eigenvalue weighted by atomic mass is 16.8. The number of carbonyl (C=O) groups is 5. The minimum Gasteiger partial charge on any atom is -0.477 e. The molecule has 4 rings (SSSR count). The van der Waals surface area contributed by atoms with Gasteiger partial charge >= 0.3 is 11.9 Å². The maximum absolute atomic E-state index is 13.2. The third-order valence-electron chi connectivity index (χ3n) is 11.5. The summed E-state index contributed by atoms with van der Waals surface area (Å²) >= 11 is 0. The van der Waals surface area contributed by atoms with E-state index in [2.05, 4.69) is 10.6 Å². The fraction of sp³-hybridized carbons (Fsp3) is 0.861. The molecule has 0 aromatic rings. The number of amides is 3. The van der Waals surface area contributed by atoms with Crippen molar-refractivity contribution in [2.45, 2.75) is 161 Å². The molecule has 1 unspecified atom stereocenters. The molecular formula is C36H59N3O28. The minimum absolute atomic E-state index is 0.765. The lowest BCUT2D eigenvalue weighted by Gasteiger charge is -2.51. The number of hydrogen-bond donors (Lipinski definition) is 19. The Kier molecular flexibility index (Phi) is 19.6. The second kappa shape index (κ2) is 23.4. The van der Waals surface area contributed by atoms with Crippen molar-refractivity contribution in [3.8, 4) is 0 Å². The van der Waals surface area contributed by atoms with Crippen LogP contribution in [-0.2, 0) is 57.1 Å². The summed E-state index contributed by atoms with van der Waals surface area (Å²) in [4.78, 5) is 62.4. The van der Waals surface area contributed by atoms with Crippen molar-refractivity contribution in [3.05, 3.63) is 0 Å². The van der Waals surface area contributed by atoms with Gasteiger partial charge in [0.15, 0.2) is 12.6 Å². The van der Waals surface area contributed by atoms with Crippen molar-refractivity contribution >= 4 is 29.7 Å². The largest absolute Gasteiger partial charge is 0.477 e. The molecule has 19 N–H and O–H groups in total. The van der Waals surface area contributed by atoms with Crippen LogP contribution >= 0.6 is 0 Å². The van der Waals surface area contributed by atoms with Gasteiger partial charge in [-0.2, -0.15) is 0 Å². The fourth-order valence-corrected chi connectivity index (χ4v) is 8.16. The van der Waals surface area contributed by atoms with Gasteiger partial charge in [-0.15, -0.1) is 0 Å². The van der Waals surface area contributed by atoms with Crippen molar-refractivity contribution in [1.29, 1.82) is 0 Å². The SMILES string of the molecule is CC(=O)N[C@H]1[C@H]([C@H](O)[C@@H](CO)O[C@]2(C(=O)O)C[C@H](O)[C@@H](NC(=O)CO)[C@H]([C@H](O)[C@H](O)CO)O2)O[C@@](O[C@H]2[C@@H](O)[C@@H](CO)O[C@@H](O[C@H]3[C@H](O)[C@@H](NC(C)=O)C(O)O[C@@H]3CO)[C@@H]2O)(C(=O)O)C[C@@H]1O. The maximum Gasteiger partial charge on any atom is 0.364 e. The third-order valence-corrected chi connectivity index (χ3v) is 11.5. The van der Waals surface area contributed by atoms with Gasteiger partial charge in [-0.05, 0) is 0 Å². The topological polar surface area (TPSA) is 510 Å². The lowest BCUT2D eigenvalue weighted by molar-refractivity contribution is -0.384. The predicted octanol–water partition coefficient (Wildman–Crippen LogP) is -11.9. The molecule has 0 saturated carbocycles. The zero-order valence-electron chi connectivity index (χ0n) is 35.6. The number of aliphatic hydroxyl groups excluding tert-OH is 14. The number of nitrogens with one attached hydrogen (secondary N) is 3. The van der Waals surface area contributed by atoms with Crippen LogP contribution in [0.1, 0.15) is 26.7 Å². The molecule has 4 fully saturated rings. The number of rotatable bonds is 20. The molecule has 4 heterocycles. The summed E-state index contributed by atoms with van der Waals surface area (Å²) in [5, 5.41) is 176. The molecule has 22 atom stereocenters. The molecule has 4 aliphatic heterocycles. The second-order valence-corrected chi connectivity index (χ2v) is 16.2. The fourth-order valence-electron chi connectivity index (χ4n) is 8.16. The van der Waals surface area contributed by atoms with Crippen molar-refractivity contribution in [2.75, 3.05) is 33.0 Å². The number of carboxylic acids is 2. The van der Waals surface area contributed by atoms with Gasteiger partial charge in [0.25, 0.3) is 11.6 Å². The first-order chi connectivity index (χ1) is 31.3. The Labute approximate surface area is 377 Å². The number of carbonyl (C=O) groups excluding carboxylic acids is 3. The molecule has 0 bridgehead atoms. The molecule has 31 heteroatoms. The quantitative estimate of drug-likeness (QED) is 0.0538. The molecule has 0 spiro atoms. The highest BCUT2D eigenvalue weighted by molar-refractivity contribution is 5.78. The first-order valence-electron chi connectivity index (χ1n) is 20.5. The Morgan fingerprint density at radius 2 is 1.16 bits per heavy atom. The van der Waals surface area contributed by atoms with Crippen LogP contribution in [0.4, 0.5) is 0 Å². The van der Waals surface area contributed by atoms with Gasteiger partial charge < -0.3 is 131 Å². The molecular weight excluding hydrogens is 922 g/mol. The van der Waals surface area contributed by atoms with Crippen molar-refractivity contribution in [1.82, 2.24) is 16.0 Å². The standard InChI is InChI=1S/C36H59N3O28/c1-10(45)37-19-12(47)4-36(34(59)60,67-30-23(52)15(6-41)62-32(26(30)55)63-27-17(8-43)61-31(56)21(25(27)54)38-11(2)46)66-29(19)24(53)16(7-42)64-35(33(57)58)3-13(48)20(39-18(50)9-44)28(65-35)22(51)14(49)5-40/h12-17,19-32,40-44,47-49,51-56H,3-9H2,1-2H3,(H,37,45)(H,38,46)(H,39,50)(H,57,58)(H,59,60)/t12-,13-,14+,15+,16+,17+,19+,20+,21+,22+,23-,24+,25+,26+,27+,28+,29+,30-,31?,32-,35+,36-/m0/s1. The van der Waals surface area contributed by atoms with Gasteiger partial charge in [0.2, 0.25) is 17.7 Å². The van der Waals surface area contributed by atoms with Gasteiger partial charge in [0.05, 0.1) is 50.7 Å². The summed E-state index contributed by atoms with van der Waals surface area (Å²) in [5.74, 6) is -13.9. The Morgan fingerprint density at radius 1 is 0.642 bits per heavy atom. The molecule has 4 aliphatic rings. The second-order valence-electron chi connectivity index (χ2n) is 16.2. The number of hydrogen-bond acceptors (Lipinski definition) is 26. The third kappa shape index (κ3) is 12.3. The van der Waals surface area contributed by atoms with Crippen LogP contribution in [0.25, 0.3) is 0 Å². The summed E-state index contributed by atoms with van der Waals surface area (Å²) in [5.41, 5.74) is 0. The van der Waals surface area contributed by atoms with Gasteiger partial charge in [0.1, 0.15) is 92.0 Å². The summed E-state index contributed by atoms with van der Waals surface area (Å²) in [7, 11) is 0. The molecule has 4 saturated heterocycles. The summed E-state index contributed by atoms with van der Waals surface area (Å²) in [6, 6.07) is -5.37. The lowest BCUT2D eigenvalue weighted by atomic mass is 9.87. The van der Waals surface area contributed by atoms with Crippen LogP contribution in [0.15, 0.2) is 0 Å². The first-order valence-corrected chi connectivity index (χ1v) is 20.5. The minimum atomic E-state index is -3.37. The van der Waals surface area contributed by atoms with Crippen molar-refractivity contribution < 1.29 is 139 Å². The van der Waals surface area contributed by atoms with Crippen LogP contribution < -0.4 is 16.0 Å². The van der Waals surface area contributed by atoms with E-state index in [0.717, 1.165) is 13.8 Å². The number of aliphatic carboxylic acids is 2. The van der Waals surface area contributed by atoms with E-state index in [0.29, 0.717) is 0 Å². The van der Waals surface area contributed by atoms with E-state index in [-0.39, 0.29) is 0 Å². The number of carboxylic acid groups (broad SMARTS) is 2. The van der Waals surface area contributed by atoms with E-state index in [9.17, 15) is 106 Å². The summed E-state index contributed by atoms with van der Waals surface area (Å²) in [6.07, 6.45) is -39.2. The van der Waals surface area contributed by atoms with Crippen LogP contribution in [-0.4, -0.2) is 278 Å². The smallest absolute Gasteiger partial charge is 0.364 e. The van der Waals surface area contributed by atoms with Crippen molar-refractivity contribution in [2.24, 2.45) is 0 Å². The first kappa shape index (κ1) is 56.1. The zero-order valence-corrected chi connectivity index (χ0v) is 35.6. The Bertz CT molecular complexity index is 1700. The predicted molar refractivity (Wildman–Crippen MR) is 204 cm³/mol. The van der Waals surface area contributed by atoms with Crippen LogP contribution in [0.5, 0.6) is 0 Å². The molecule has 3 amide bonds. The molecule has 0 aromatic carbocycles. The van der Waals surface area contributed by atoms with Crippen LogP contribution in [0.3, 0.4) is 0 Å². The lowest BCUT2D eigenvalue weighted by Crippen LogP contribution is -2.72. The molecule has 67 heavy (non-hydrogen) atoms. The summed E-state index contributed by atoms with van der Waals surface area (Å²) < 4.78 is 38.9. The summed E-state index contributed by atoms with van der Waals surface area (Å²) in [6.45, 7) is -4.02. The highest BCUT2D eigenvalue weighted by Crippen LogP contribution is 2.40. The Morgan fingerprint density at radius 3 is 1.67 bits per heavy atom. The van der Waals surface area contributed by atoms with Crippen LogP contribution in [0.2, 0.25) is 0 Å². The monoisotopic (exact) mass is 981 g/mol. The van der Waals surface area contributed by atoms with E-state index in [1.165, 1.54) is 0 Å². The van der Waals surface area contributed by atoms with E-state index in [4.69, 9.17) is 33.2 Å². The van der Waals surface area contributed by atoms with E-state index in [1.807, 2.05) is 5.32 Å². The van der Waals surface area contributed by atoms with Gasteiger partial charge in [-0.25, -0.2) is 9.59 Å². The Hall–Kier alpha value is -3.49. The van der Waals surface area contributed by atoms with E-state index >= 15 is 0 Å². The van der Waals surface area contributed by atoms with Gasteiger partial charge in [-0.3, -0.25) is 14.4 Å². The van der Waals surface area contributed by atoms with E-state index < -0.39 is 209 Å². The van der Waals surface area contributed by atoms with E-state index in [1.54, 1.807) is 0 Å². The highest BCUT2D eigenvalue weighted by Gasteiger charge is 2.62. The maximum atomic E-state index is 13.2. The zero-order chi connectivity index (χ0) is 50.5. The average Bonchev–Trinajstić information content (AvgIpc) is 3.27. The Balaban J connectivity index is 1.72. The van der Waals surface area contributed by atoms with Gasteiger partial charge in [-0.1, -0.05) is 0 Å². The number of ether oxygens (including phenoxy) is 7. The molecule has 386 valence electrons. The molecule has 31 nitrogen and oxygen atoms in total. The molecule has 0 aromatic heterocycles. The molecule has 0 radical (unpaired) electrons. The number of aliphatic hydroxyl groups is 14. The molecule has 0 aliphatic carbocycles.